The van der Waals surface area contributed by atoms with E-state index in [2.05, 4.69) is 81.0 Å². The van der Waals surface area contributed by atoms with Crippen LogP contribution in [0.1, 0.15) is 43.7 Å². The van der Waals surface area contributed by atoms with E-state index in [4.69, 9.17) is 14.3 Å². The van der Waals surface area contributed by atoms with E-state index in [1.807, 2.05) is 83.1 Å². The first-order valence-electron chi connectivity index (χ1n) is 26.0. The fourth-order valence-electron chi connectivity index (χ4n) is 7.97. The van der Waals surface area contributed by atoms with Crippen LogP contribution in [-0.4, -0.2) is 88.2 Å². The summed E-state index contributed by atoms with van der Waals surface area (Å²) in [5.74, 6) is 2.00. The number of phenolic OH excluding ortho intramolecular Hbond substituents is 3. The van der Waals surface area contributed by atoms with E-state index in [0.717, 1.165) is 89.7 Å². The lowest BCUT2D eigenvalue weighted by Gasteiger charge is -2.14. The van der Waals surface area contributed by atoms with E-state index in [1.54, 1.807) is 127 Å². The number of anilines is 1. The van der Waals surface area contributed by atoms with Crippen LogP contribution in [0.5, 0.6) is 17.2 Å². The van der Waals surface area contributed by atoms with Gasteiger partial charge in [-0.25, -0.2) is 34.7 Å². The Balaban J connectivity index is 0.000000149. The minimum absolute atomic E-state index is 0.250. The molecule has 4 aromatic carbocycles. The molecule has 0 radical (unpaired) electrons. The number of aromatic nitrogens is 8. The van der Waals surface area contributed by atoms with Crippen LogP contribution >= 0.6 is 45.3 Å². The lowest BCUT2D eigenvalue weighted by atomic mass is 10.1. The zero-order valence-electron chi connectivity index (χ0n) is 47.4. The van der Waals surface area contributed by atoms with Crippen molar-refractivity contribution in [3.63, 3.8) is 0 Å². The molecule has 8 heterocycles. The van der Waals surface area contributed by atoms with Gasteiger partial charge in [-0.3, -0.25) is 0 Å². The Morgan fingerprint density at radius 3 is 1.46 bits per heavy atom. The largest absolute Gasteiger partial charge is 0.507 e. The topological polar surface area (TPSA) is 326 Å². The third-order valence-electron chi connectivity index (χ3n) is 11.8. The molecular weight excluding hydrogens is 1190 g/mol. The molecule has 0 aliphatic rings. The molecule has 0 unspecified atom stereocenters. The van der Waals surface area contributed by atoms with Crippen molar-refractivity contribution in [2.75, 3.05) is 25.6 Å². The third-order valence-corrected chi connectivity index (χ3v) is 16.1. The van der Waals surface area contributed by atoms with Gasteiger partial charge < -0.3 is 25.0 Å². The van der Waals surface area contributed by atoms with Gasteiger partial charge in [-0.2, -0.15) is 19.8 Å². The maximum atomic E-state index is 12.1. The highest BCUT2D eigenvalue weighted by molar-refractivity contribution is 7.21. The van der Waals surface area contributed by atoms with Gasteiger partial charge in [-0.05, 0) is 112 Å². The monoisotopic (exact) mass is 1240 g/mol. The number of nitrogens with zero attached hydrogens (tertiary/aromatic N) is 17. The lowest BCUT2D eigenvalue weighted by Crippen LogP contribution is -2.08. The van der Waals surface area contributed by atoms with E-state index in [1.165, 1.54) is 30.3 Å². The molecule has 3 N–H and O–H groups in total. The summed E-state index contributed by atoms with van der Waals surface area (Å²) >= 11 is 6.13. The van der Waals surface area contributed by atoms with E-state index < -0.39 is 0 Å². The van der Waals surface area contributed by atoms with Gasteiger partial charge in [-0.1, -0.05) is 6.92 Å². The first-order chi connectivity index (χ1) is 42.2. The summed E-state index contributed by atoms with van der Waals surface area (Å²) in [5.41, 5.74) is 5.57. The van der Waals surface area contributed by atoms with Gasteiger partial charge in [0.2, 0.25) is 0 Å². The second-order valence-corrected chi connectivity index (χ2v) is 22.8. The molecule has 0 bridgehead atoms. The van der Waals surface area contributed by atoms with Gasteiger partial charge in [0, 0.05) is 92.7 Å². The van der Waals surface area contributed by atoms with Gasteiger partial charge in [0.15, 0.2) is 17.5 Å². The van der Waals surface area contributed by atoms with Gasteiger partial charge in [-0.15, -0.1) is 86.3 Å². The normalized spacial score (nSPS) is 11.1. The first-order valence-corrected chi connectivity index (χ1v) is 29.3. The maximum Gasteiger partial charge on any atom is 0.373 e. The third kappa shape index (κ3) is 16.4. The number of aryl methyl sites for hydroxylation is 4. The van der Waals surface area contributed by atoms with Crippen LogP contribution < -0.4 is 4.90 Å². The number of carbonyl (C=O) groups excluding carboxylic acids is 3. The molecule has 0 fully saturated rings. The number of aromatic hydroxyl groups is 3. The van der Waals surface area contributed by atoms with Crippen molar-refractivity contribution in [1.29, 1.82) is 0 Å². The number of hydrogen-bond acceptors (Lipinski definition) is 28. The van der Waals surface area contributed by atoms with Gasteiger partial charge in [0.25, 0.3) is 0 Å². The summed E-state index contributed by atoms with van der Waals surface area (Å²) in [4.78, 5) is 57.8. The van der Waals surface area contributed by atoms with Crippen LogP contribution in [0.2, 0.25) is 0 Å². The summed E-state index contributed by atoms with van der Waals surface area (Å²) < 4.78 is 8.82. The number of carbonyl (C=O) groups is 1. The summed E-state index contributed by atoms with van der Waals surface area (Å²) in [7, 11) is 3.91. The van der Waals surface area contributed by atoms with Crippen molar-refractivity contribution in [3.8, 4) is 17.2 Å². The lowest BCUT2D eigenvalue weighted by molar-refractivity contribution is -0.191. The average Bonchev–Trinajstić information content (AvgIpc) is 2.26. The number of rotatable bonds is 12. The average molecular weight is 1240 g/mol. The van der Waals surface area contributed by atoms with Crippen LogP contribution in [0, 0.1) is 20.8 Å². The fraction of sp³-hybridized carbons (Fsp3) is 0.153. The van der Waals surface area contributed by atoms with Crippen molar-refractivity contribution in [2.45, 2.75) is 41.0 Å². The predicted octanol–water partition coefficient (Wildman–Crippen LogP) is 16.7. The number of thiophene rings is 4. The Kier molecular flexibility index (Phi) is 21.8. The van der Waals surface area contributed by atoms with Gasteiger partial charge in [0.1, 0.15) is 69.5 Å². The molecule has 12 aromatic rings. The Bertz CT molecular complexity index is 4330. The minimum Gasteiger partial charge on any atom is -0.507 e. The number of hydrogen-bond donors (Lipinski definition) is 3. The van der Waals surface area contributed by atoms with Crippen molar-refractivity contribution in [1.82, 2.24) is 40.1 Å². The molecule has 0 aliphatic carbocycles. The standard InChI is InChI=1S/C17H17N5O2S.C15H14N4OS.2C13H10N4OS.CO2/c1-4-24-17(23)14-9-11-13(22(2)3)6-5-12(16(11)25-14)20-21-15-7-8-18-10-19-15;1-3-10-7-12(20)11-6-9(2)21-15(11)14(10)19-18-13-4-5-16-8-17-13;1-8-6-9-11(18)3-2-10(13(9)19-8)16-17-12-4-5-14-7-15-12;1-8-6-10-12(18)3-2-11(13(10)19-8)17-16-9-4-5-14-15-7-9;2-1-3/h5-10H,4H2,1-3H3;4-8,20H,3H2,1-2H3;2*2-7,18H,1H3;. The molecule has 0 saturated carbocycles. The van der Waals surface area contributed by atoms with Crippen molar-refractivity contribution >= 4 is 149 Å². The Hall–Kier alpha value is -10.5. The molecule has 87 heavy (non-hydrogen) atoms. The number of fused-ring (bicyclic) bond motifs is 4. The quantitative estimate of drug-likeness (QED) is 0.0756. The molecule has 0 aliphatic heterocycles. The molecule has 0 amide bonds. The van der Waals surface area contributed by atoms with Crippen LogP contribution in [0.25, 0.3) is 40.3 Å². The molecule has 28 heteroatoms. The predicted molar refractivity (Wildman–Crippen MR) is 336 cm³/mol. The second-order valence-electron chi connectivity index (χ2n) is 18.0. The van der Waals surface area contributed by atoms with Crippen LogP contribution in [0.15, 0.2) is 182 Å². The highest BCUT2D eigenvalue weighted by atomic mass is 32.1. The molecule has 0 saturated heterocycles. The Morgan fingerprint density at radius 2 is 1.00 bits per heavy atom. The first kappa shape index (κ1) is 62.5. The molecule has 24 nitrogen and oxygen atoms in total. The van der Waals surface area contributed by atoms with E-state index in [0.29, 0.717) is 46.1 Å². The highest BCUT2D eigenvalue weighted by Gasteiger charge is 2.18. The Morgan fingerprint density at radius 1 is 0.529 bits per heavy atom. The second kappa shape index (κ2) is 30.3. The smallest absolute Gasteiger partial charge is 0.373 e. The molecule has 8 aromatic heterocycles. The summed E-state index contributed by atoms with van der Waals surface area (Å²) in [6, 6.07) is 26.9. The van der Waals surface area contributed by atoms with Gasteiger partial charge >= 0.3 is 12.1 Å². The molecule has 0 atom stereocenters. The minimum atomic E-state index is -0.327. The highest BCUT2D eigenvalue weighted by Crippen LogP contribution is 2.44. The van der Waals surface area contributed by atoms with Crippen molar-refractivity contribution in [2.24, 2.45) is 40.9 Å². The number of phenols is 3. The number of ether oxygens (including phenoxy) is 1. The molecule has 12 rings (SSSR count). The van der Waals surface area contributed by atoms with E-state index >= 15 is 0 Å². The Labute approximate surface area is 511 Å². The van der Waals surface area contributed by atoms with E-state index in [-0.39, 0.29) is 23.6 Å². The zero-order chi connectivity index (χ0) is 61.8. The van der Waals surface area contributed by atoms with Gasteiger partial charge in [0.05, 0.1) is 37.8 Å². The number of benzene rings is 4. The SMILES string of the molecule is CCOC(=O)c1cc2c(N(C)C)ccc(N=Nc3ccncn3)c2s1.CCc1cc(O)c2cc(C)sc2c1N=Nc1ccncn1.Cc1cc2c(O)ccc(N=Nc3ccncn3)c2s1.Cc1cc2c(O)ccc(N=Nc3ccnnc3)c2s1.O=C=O. The summed E-state index contributed by atoms with van der Waals surface area (Å²) in [6.45, 7) is 10.2. The zero-order valence-corrected chi connectivity index (χ0v) is 50.7. The van der Waals surface area contributed by atoms with Crippen molar-refractivity contribution < 1.29 is 34.4 Å². The van der Waals surface area contributed by atoms with E-state index in [9.17, 15) is 20.1 Å². The number of esters is 1. The van der Waals surface area contributed by atoms with Crippen LogP contribution in [-0.2, 0) is 20.7 Å². The van der Waals surface area contributed by atoms with Crippen molar-refractivity contribution in [3.05, 3.63) is 166 Å². The van der Waals surface area contributed by atoms with Crippen LogP contribution in [0.4, 0.5) is 51.6 Å². The maximum absolute atomic E-state index is 12.1. The fourth-order valence-corrected chi connectivity index (χ4v) is 12.0. The molecule has 0 spiro atoms. The molecular formula is C59H51N17O7S4. The summed E-state index contributed by atoms with van der Waals surface area (Å²) in [6.07, 6.45) is 13.3. The van der Waals surface area contributed by atoms with Crippen LogP contribution in [0.3, 0.4) is 0 Å². The molecule has 438 valence electrons. The number of azo groups is 4. The summed E-state index contributed by atoms with van der Waals surface area (Å²) in [5, 5.41) is 74.1.